The van der Waals surface area contributed by atoms with Crippen LogP contribution in [0.5, 0.6) is 5.75 Å². The number of thiol groups is 1. The van der Waals surface area contributed by atoms with Crippen molar-refractivity contribution >= 4 is 54.1 Å². The molecule has 0 heterocycles. The van der Waals surface area contributed by atoms with Gasteiger partial charge in [-0.1, -0.05) is 12.1 Å². The molecule has 12 nitrogen and oxygen atoms in total. The molecule has 4 atom stereocenters. The van der Waals surface area contributed by atoms with Crippen LogP contribution in [0.2, 0.25) is 0 Å². The lowest BCUT2D eigenvalue weighted by atomic mass is 10.0. The number of nitrogens with one attached hydrogen (secondary N) is 3. The van der Waals surface area contributed by atoms with E-state index in [1.807, 2.05) is 0 Å². The number of phenols is 1. The lowest BCUT2D eigenvalue weighted by molar-refractivity contribution is -0.142. The first kappa shape index (κ1) is 31.1. The van der Waals surface area contributed by atoms with Crippen LogP contribution in [0.25, 0.3) is 0 Å². The quantitative estimate of drug-likeness (QED) is 0.123. The van der Waals surface area contributed by atoms with Crippen LogP contribution in [-0.4, -0.2) is 86.9 Å². The summed E-state index contributed by atoms with van der Waals surface area (Å²) in [5.41, 5.74) is 6.18. The Kier molecular flexibility index (Phi) is 13.7. The maximum absolute atomic E-state index is 13.0. The molecule has 1 rings (SSSR count). The molecular formula is C22H32N4O8S2. The van der Waals surface area contributed by atoms with Crippen molar-refractivity contribution in [2.24, 2.45) is 5.73 Å². The van der Waals surface area contributed by atoms with Crippen LogP contribution in [0.4, 0.5) is 0 Å². The lowest BCUT2D eigenvalue weighted by Gasteiger charge is -2.25. The number of amides is 3. The summed E-state index contributed by atoms with van der Waals surface area (Å²) in [6.45, 7) is 0. The van der Waals surface area contributed by atoms with Crippen molar-refractivity contribution in [2.45, 2.75) is 49.9 Å². The Morgan fingerprint density at radius 3 is 2.00 bits per heavy atom. The zero-order valence-corrected chi connectivity index (χ0v) is 21.4. The summed E-state index contributed by atoms with van der Waals surface area (Å²) in [5.74, 6) is -4.33. The first-order chi connectivity index (χ1) is 17.0. The maximum Gasteiger partial charge on any atom is 0.326 e. The SMILES string of the molecule is CSCCC(NC(=O)C(Cc1ccc(O)cc1)NC(=O)C(CCC(=O)O)NC(=O)C(N)CS)C(=O)O. The van der Waals surface area contributed by atoms with Gasteiger partial charge >= 0.3 is 11.9 Å². The second-order valence-corrected chi connectivity index (χ2v) is 9.25. The van der Waals surface area contributed by atoms with E-state index in [0.717, 1.165) is 0 Å². The molecule has 0 bridgehead atoms. The Balaban J connectivity index is 3.15. The molecule has 1 aromatic carbocycles. The number of carbonyl (C=O) groups is 5. The van der Waals surface area contributed by atoms with Crippen molar-refractivity contribution < 1.29 is 39.3 Å². The van der Waals surface area contributed by atoms with E-state index in [1.54, 1.807) is 6.26 Å². The van der Waals surface area contributed by atoms with Crippen molar-refractivity contribution in [3.05, 3.63) is 29.8 Å². The summed E-state index contributed by atoms with van der Waals surface area (Å²) in [6.07, 6.45) is 1.16. The fraction of sp³-hybridized carbons (Fsp3) is 0.500. The fourth-order valence-electron chi connectivity index (χ4n) is 3.01. The van der Waals surface area contributed by atoms with Crippen molar-refractivity contribution in [3.63, 3.8) is 0 Å². The predicted molar refractivity (Wildman–Crippen MR) is 137 cm³/mol. The van der Waals surface area contributed by atoms with Gasteiger partial charge < -0.3 is 37.0 Å². The highest BCUT2D eigenvalue weighted by molar-refractivity contribution is 7.98. The molecule has 200 valence electrons. The second kappa shape index (κ2) is 15.9. The number of hydrogen-bond donors (Lipinski definition) is 8. The Morgan fingerprint density at radius 2 is 1.47 bits per heavy atom. The molecule has 0 aliphatic heterocycles. The molecule has 3 amide bonds. The highest BCUT2D eigenvalue weighted by Crippen LogP contribution is 2.12. The van der Waals surface area contributed by atoms with Crippen LogP contribution in [-0.2, 0) is 30.4 Å². The van der Waals surface area contributed by atoms with Gasteiger partial charge in [0, 0.05) is 18.6 Å². The molecule has 0 spiro atoms. The van der Waals surface area contributed by atoms with Crippen molar-refractivity contribution in [1.82, 2.24) is 16.0 Å². The van der Waals surface area contributed by atoms with Gasteiger partial charge in [0.2, 0.25) is 17.7 Å². The van der Waals surface area contributed by atoms with Gasteiger partial charge in [0.1, 0.15) is 23.9 Å². The van der Waals surface area contributed by atoms with Crippen molar-refractivity contribution in [3.8, 4) is 5.75 Å². The smallest absolute Gasteiger partial charge is 0.326 e. The first-order valence-electron chi connectivity index (χ1n) is 11.0. The van der Waals surface area contributed by atoms with Gasteiger partial charge in [-0.3, -0.25) is 19.2 Å². The second-order valence-electron chi connectivity index (χ2n) is 7.90. The van der Waals surface area contributed by atoms with Crippen LogP contribution < -0.4 is 21.7 Å². The lowest BCUT2D eigenvalue weighted by Crippen LogP contribution is -2.57. The van der Waals surface area contributed by atoms with Gasteiger partial charge in [0.25, 0.3) is 0 Å². The third-order valence-electron chi connectivity index (χ3n) is 5.05. The Hall–Kier alpha value is -2.97. The van der Waals surface area contributed by atoms with E-state index in [1.165, 1.54) is 36.0 Å². The molecular weight excluding hydrogens is 512 g/mol. The van der Waals surface area contributed by atoms with Gasteiger partial charge in [-0.05, 0) is 42.5 Å². The number of thioether (sulfide) groups is 1. The Morgan fingerprint density at radius 1 is 0.917 bits per heavy atom. The van der Waals surface area contributed by atoms with Crippen LogP contribution in [0.3, 0.4) is 0 Å². The third kappa shape index (κ3) is 11.2. The molecule has 0 saturated carbocycles. The number of aliphatic carboxylic acids is 2. The monoisotopic (exact) mass is 544 g/mol. The maximum atomic E-state index is 13.0. The van der Waals surface area contributed by atoms with Gasteiger partial charge in [-0.25, -0.2) is 4.79 Å². The fourth-order valence-corrected chi connectivity index (χ4v) is 3.65. The van der Waals surface area contributed by atoms with Crippen LogP contribution >= 0.6 is 24.4 Å². The molecule has 0 saturated heterocycles. The van der Waals surface area contributed by atoms with Crippen LogP contribution in [0.1, 0.15) is 24.8 Å². The number of hydrogen-bond acceptors (Lipinski definition) is 9. The average molecular weight is 545 g/mol. The number of aromatic hydroxyl groups is 1. The molecule has 4 unspecified atom stereocenters. The highest BCUT2D eigenvalue weighted by atomic mass is 32.2. The summed E-state index contributed by atoms with van der Waals surface area (Å²) in [5, 5.41) is 35.3. The molecule has 0 aliphatic rings. The van der Waals surface area contributed by atoms with E-state index < -0.39 is 60.2 Å². The minimum Gasteiger partial charge on any atom is -0.508 e. The standard InChI is InChI=1S/C22H32N4O8S2/c1-36-9-8-16(22(33)34)25-21(32)17(10-12-2-4-13(27)5-3-12)26-20(31)15(6-7-18(28)29)24-19(30)14(23)11-35/h2-5,14-17,27,35H,6-11,23H2,1H3,(H,24,30)(H,25,32)(H,26,31)(H,28,29)(H,33,34). The van der Waals surface area contributed by atoms with E-state index in [0.29, 0.717) is 11.3 Å². The van der Waals surface area contributed by atoms with E-state index in [4.69, 9.17) is 10.8 Å². The molecule has 8 N–H and O–H groups in total. The van der Waals surface area contributed by atoms with Crippen LogP contribution in [0, 0.1) is 0 Å². The van der Waals surface area contributed by atoms with Crippen LogP contribution in [0.15, 0.2) is 24.3 Å². The minimum absolute atomic E-state index is 0.0104. The zero-order chi connectivity index (χ0) is 27.3. The molecule has 0 aliphatic carbocycles. The molecule has 0 fully saturated rings. The predicted octanol–water partition coefficient (Wildman–Crippen LogP) is -0.651. The third-order valence-corrected chi connectivity index (χ3v) is 6.09. The van der Waals surface area contributed by atoms with E-state index in [9.17, 15) is 34.2 Å². The molecule has 1 aromatic rings. The van der Waals surface area contributed by atoms with Crippen molar-refractivity contribution in [2.75, 3.05) is 17.8 Å². The highest BCUT2D eigenvalue weighted by Gasteiger charge is 2.30. The summed E-state index contributed by atoms with van der Waals surface area (Å²) >= 11 is 5.34. The molecule has 36 heavy (non-hydrogen) atoms. The number of carboxylic acid groups (broad SMARTS) is 2. The molecule has 0 radical (unpaired) electrons. The number of carbonyl (C=O) groups excluding carboxylic acids is 3. The number of phenolic OH excluding ortho intramolecular Hbond substituents is 1. The zero-order valence-electron chi connectivity index (χ0n) is 19.7. The number of rotatable bonds is 16. The van der Waals surface area contributed by atoms with E-state index >= 15 is 0 Å². The molecule has 14 heteroatoms. The van der Waals surface area contributed by atoms with Gasteiger partial charge in [0.05, 0.1) is 6.04 Å². The number of benzene rings is 1. The molecule has 0 aromatic heterocycles. The largest absolute Gasteiger partial charge is 0.508 e. The summed E-state index contributed by atoms with van der Waals surface area (Å²) in [4.78, 5) is 60.9. The van der Waals surface area contributed by atoms with Gasteiger partial charge in [0.15, 0.2) is 0 Å². The van der Waals surface area contributed by atoms with E-state index in [-0.39, 0.29) is 30.8 Å². The summed E-state index contributed by atoms with van der Waals surface area (Å²) in [7, 11) is 0. The normalized spacial score (nSPS) is 14.1. The van der Waals surface area contributed by atoms with E-state index in [2.05, 4.69) is 28.6 Å². The Labute approximate surface area is 218 Å². The Bertz CT molecular complexity index is 916. The van der Waals surface area contributed by atoms with Gasteiger partial charge in [-0.2, -0.15) is 24.4 Å². The minimum atomic E-state index is -1.32. The first-order valence-corrected chi connectivity index (χ1v) is 13.0. The van der Waals surface area contributed by atoms with Crippen molar-refractivity contribution in [1.29, 1.82) is 0 Å². The summed E-state index contributed by atoms with van der Waals surface area (Å²) in [6, 6.07) is 1.01. The average Bonchev–Trinajstić information content (AvgIpc) is 2.83. The number of nitrogens with two attached hydrogens (primary N) is 1. The summed E-state index contributed by atoms with van der Waals surface area (Å²) < 4.78 is 0. The van der Waals surface area contributed by atoms with Gasteiger partial charge in [-0.15, -0.1) is 0 Å². The number of carboxylic acids is 2. The topological polar surface area (TPSA) is 208 Å².